The summed E-state index contributed by atoms with van der Waals surface area (Å²) >= 11 is 1.72. The van der Waals surface area contributed by atoms with E-state index in [9.17, 15) is 14.4 Å². The second-order valence-corrected chi connectivity index (χ2v) is 12.8. The number of rotatable bonds is 10. The minimum atomic E-state index is -0.548. The van der Waals surface area contributed by atoms with Crippen molar-refractivity contribution in [3.8, 4) is 0 Å². The lowest BCUT2D eigenvalue weighted by Crippen LogP contribution is -2.57. The Kier molecular flexibility index (Phi) is 7.55. The summed E-state index contributed by atoms with van der Waals surface area (Å²) in [7, 11) is 0. The minimum Gasteiger partial charge on any atom is -0.396 e. The molecule has 0 aliphatic carbocycles. The van der Waals surface area contributed by atoms with E-state index in [1.807, 2.05) is 27.7 Å². The molecule has 182 valence electrons. The van der Waals surface area contributed by atoms with Crippen LogP contribution in [0.3, 0.4) is 0 Å². The maximum Gasteiger partial charge on any atom is 0.244 e. The molecule has 8 heteroatoms. The number of amides is 3. The molecule has 2 bridgehead atoms. The van der Waals surface area contributed by atoms with E-state index in [1.165, 1.54) is 0 Å². The SMILES string of the molecule is CCCNC(=O)[C@H]1[C@H]2C(=O)N(CCCCCCO)C(C(=O)NC(C)(C)C)C23CC[C@]1(C)S3. The van der Waals surface area contributed by atoms with Crippen LogP contribution in [0.2, 0.25) is 0 Å². The molecule has 0 aromatic rings. The second-order valence-electron chi connectivity index (χ2n) is 10.9. The normalized spacial score (nSPS) is 33.5. The van der Waals surface area contributed by atoms with Crippen molar-refractivity contribution in [3.63, 3.8) is 0 Å². The standard InChI is InChI=1S/C24H41N3O4S/c1-6-13-25-19(29)16-17-21(31)27(14-9-7-8-10-15-28)18(20(30)26-22(2,3)4)24(17)12-11-23(16,5)32-24/h16-18,28H,6-15H2,1-5H3,(H,25,29)(H,26,30)/t16-,17+,18?,23+,24?/m1/s1. The maximum absolute atomic E-state index is 13.8. The van der Waals surface area contributed by atoms with Crippen LogP contribution in [0, 0.1) is 11.8 Å². The van der Waals surface area contributed by atoms with Gasteiger partial charge in [-0.15, -0.1) is 11.8 Å². The van der Waals surface area contributed by atoms with Crippen molar-refractivity contribution < 1.29 is 19.5 Å². The number of carbonyl (C=O) groups is 3. The first-order chi connectivity index (χ1) is 15.0. The number of fused-ring (bicyclic) bond motifs is 1. The number of carbonyl (C=O) groups excluding carboxylic acids is 3. The van der Waals surface area contributed by atoms with Gasteiger partial charge in [0.05, 0.1) is 16.6 Å². The van der Waals surface area contributed by atoms with Crippen LogP contribution in [-0.4, -0.2) is 68.5 Å². The average Bonchev–Trinajstić information content (AvgIpc) is 3.25. The number of unbranched alkanes of at least 4 members (excludes halogenated alkanes) is 3. The van der Waals surface area contributed by atoms with Crippen molar-refractivity contribution >= 4 is 29.5 Å². The van der Waals surface area contributed by atoms with Crippen LogP contribution in [0.4, 0.5) is 0 Å². The van der Waals surface area contributed by atoms with E-state index in [1.54, 1.807) is 16.7 Å². The molecule has 2 unspecified atom stereocenters. The van der Waals surface area contributed by atoms with Gasteiger partial charge in [0.2, 0.25) is 17.7 Å². The van der Waals surface area contributed by atoms with Crippen molar-refractivity contribution in [1.82, 2.24) is 15.5 Å². The van der Waals surface area contributed by atoms with Crippen LogP contribution in [-0.2, 0) is 14.4 Å². The van der Waals surface area contributed by atoms with Crippen LogP contribution in [0.15, 0.2) is 0 Å². The van der Waals surface area contributed by atoms with Gasteiger partial charge in [-0.3, -0.25) is 14.4 Å². The van der Waals surface area contributed by atoms with E-state index in [-0.39, 0.29) is 29.1 Å². The highest BCUT2D eigenvalue weighted by Crippen LogP contribution is 2.71. The smallest absolute Gasteiger partial charge is 0.244 e. The van der Waals surface area contributed by atoms with Crippen molar-refractivity contribution in [2.45, 2.75) is 101 Å². The average molecular weight is 468 g/mol. The van der Waals surface area contributed by atoms with Gasteiger partial charge in [0.25, 0.3) is 0 Å². The molecule has 0 aromatic heterocycles. The molecule has 3 fully saturated rings. The summed E-state index contributed by atoms with van der Waals surface area (Å²) in [6.07, 6.45) is 5.83. The highest BCUT2D eigenvalue weighted by atomic mass is 32.2. The highest BCUT2D eigenvalue weighted by Gasteiger charge is 2.77. The number of nitrogens with zero attached hydrogens (tertiary/aromatic N) is 1. The zero-order valence-electron chi connectivity index (χ0n) is 20.3. The Morgan fingerprint density at radius 1 is 1.16 bits per heavy atom. The monoisotopic (exact) mass is 467 g/mol. The second kappa shape index (κ2) is 9.53. The third-order valence-electron chi connectivity index (χ3n) is 7.16. The van der Waals surface area contributed by atoms with Gasteiger partial charge in [-0.2, -0.15) is 0 Å². The molecule has 5 atom stereocenters. The largest absolute Gasteiger partial charge is 0.396 e. The summed E-state index contributed by atoms with van der Waals surface area (Å²) in [6.45, 7) is 11.3. The summed E-state index contributed by atoms with van der Waals surface area (Å²) in [5.74, 6) is -1.02. The molecule has 0 aromatic carbocycles. The molecule has 0 radical (unpaired) electrons. The Morgan fingerprint density at radius 2 is 1.84 bits per heavy atom. The zero-order valence-corrected chi connectivity index (χ0v) is 21.1. The van der Waals surface area contributed by atoms with E-state index in [2.05, 4.69) is 17.6 Å². The fourth-order valence-electron chi connectivity index (χ4n) is 5.91. The Hall–Kier alpha value is -1.28. The van der Waals surface area contributed by atoms with Crippen molar-refractivity contribution in [2.75, 3.05) is 19.7 Å². The molecule has 32 heavy (non-hydrogen) atoms. The summed E-state index contributed by atoms with van der Waals surface area (Å²) in [5.41, 5.74) is -0.398. The Labute approximate surface area is 196 Å². The maximum atomic E-state index is 13.8. The van der Waals surface area contributed by atoms with Crippen molar-refractivity contribution in [3.05, 3.63) is 0 Å². The van der Waals surface area contributed by atoms with Gasteiger partial charge < -0.3 is 20.6 Å². The third-order valence-corrected chi connectivity index (χ3v) is 9.15. The highest BCUT2D eigenvalue weighted by molar-refractivity contribution is 8.02. The third kappa shape index (κ3) is 4.54. The zero-order chi connectivity index (χ0) is 23.7. The molecule has 0 saturated carbocycles. The molecule has 3 amide bonds. The van der Waals surface area contributed by atoms with Crippen LogP contribution in [0.1, 0.15) is 79.6 Å². The Bertz CT molecular complexity index is 739. The van der Waals surface area contributed by atoms with Gasteiger partial charge in [-0.05, 0) is 59.8 Å². The molecule has 3 heterocycles. The van der Waals surface area contributed by atoms with Crippen LogP contribution >= 0.6 is 11.8 Å². The summed E-state index contributed by atoms with van der Waals surface area (Å²) in [6, 6.07) is -0.548. The number of hydrogen-bond acceptors (Lipinski definition) is 5. The van der Waals surface area contributed by atoms with Gasteiger partial charge in [0, 0.05) is 30.0 Å². The van der Waals surface area contributed by atoms with Crippen LogP contribution in [0.5, 0.6) is 0 Å². The number of thioether (sulfide) groups is 1. The number of nitrogens with one attached hydrogen (secondary N) is 2. The molecule has 3 rings (SSSR count). The Morgan fingerprint density at radius 3 is 2.47 bits per heavy atom. The molecular formula is C24H41N3O4S. The van der Waals surface area contributed by atoms with Crippen LogP contribution < -0.4 is 10.6 Å². The van der Waals surface area contributed by atoms with Gasteiger partial charge in [0.1, 0.15) is 6.04 Å². The Balaban J connectivity index is 1.91. The van der Waals surface area contributed by atoms with Gasteiger partial charge in [-0.25, -0.2) is 0 Å². The van der Waals surface area contributed by atoms with E-state index in [4.69, 9.17) is 5.11 Å². The van der Waals surface area contributed by atoms with Gasteiger partial charge in [0.15, 0.2) is 0 Å². The fraction of sp³-hybridized carbons (Fsp3) is 0.875. The number of hydrogen-bond donors (Lipinski definition) is 3. The van der Waals surface area contributed by atoms with Crippen molar-refractivity contribution in [2.24, 2.45) is 11.8 Å². The predicted molar refractivity (Wildman–Crippen MR) is 127 cm³/mol. The van der Waals surface area contributed by atoms with E-state index < -0.39 is 28.2 Å². The molecular weight excluding hydrogens is 426 g/mol. The fourth-order valence-corrected chi connectivity index (χ4v) is 8.27. The summed E-state index contributed by atoms with van der Waals surface area (Å²) in [4.78, 5) is 42.4. The summed E-state index contributed by atoms with van der Waals surface area (Å²) in [5, 5.41) is 15.2. The van der Waals surface area contributed by atoms with Crippen molar-refractivity contribution in [1.29, 1.82) is 0 Å². The molecule has 3 aliphatic heterocycles. The summed E-state index contributed by atoms with van der Waals surface area (Å²) < 4.78 is -0.855. The van der Waals surface area contributed by atoms with E-state index >= 15 is 0 Å². The topological polar surface area (TPSA) is 98.7 Å². The van der Waals surface area contributed by atoms with E-state index in [0.29, 0.717) is 13.1 Å². The predicted octanol–water partition coefficient (Wildman–Crippen LogP) is 2.46. The first-order valence-electron chi connectivity index (χ1n) is 12.2. The number of aliphatic hydroxyl groups is 1. The lowest BCUT2D eigenvalue weighted by molar-refractivity contribution is -0.141. The number of aliphatic hydroxyl groups excluding tert-OH is 1. The molecule has 3 aliphatic rings. The first kappa shape index (κ1) is 25.3. The van der Waals surface area contributed by atoms with Gasteiger partial charge >= 0.3 is 0 Å². The molecule has 1 spiro atoms. The lowest BCUT2D eigenvalue weighted by Gasteiger charge is -2.36. The number of likely N-dealkylation sites (tertiary alicyclic amines) is 1. The molecule has 3 N–H and O–H groups in total. The minimum absolute atomic E-state index is 0.0335. The van der Waals surface area contributed by atoms with Gasteiger partial charge in [-0.1, -0.05) is 19.8 Å². The first-order valence-corrected chi connectivity index (χ1v) is 13.0. The molecule has 3 saturated heterocycles. The molecule has 7 nitrogen and oxygen atoms in total. The quantitative estimate of drug-likeness (QED) is 0.429. The van der Waals surface area contributed by atoms with Crippen LogP contribution in [0.25, 0.3) is 0 Å². The lowest BCUT2D eigenvalue weighted by atomic mass is 9.66. The van der Waals surface area contributed by atoms with E-state index in [0.717, 1.165) is 44.9 Å².